The van der Waals surface area contributed by atoms with Gasteiger partial charge in [0.15, 0.2) is 16.3 Å². The van der Waals surface area contributed by atoms with Crippen LogP contribution < -0.4 is 24.4 Å². The van der Waals surface area contributed by atoms with Crippen LogP contribution in [0, 0.1) is 10.1 Å². The van der Waals surface area contributed by atoms with Gasteiger partial charge in [-0.15, -0.1) is 0 Å². The normalized spacial score (nSPS) is 14.8. The van der Waals surface area contributed by atoms with E-state index < -0.39 is 16.9 Å². The number of esters is 1. The number of fused-ring (bicyclic) bond motifs is 1. The van der Waals surface area contributed by atoms with Crippen molar-refractivity contribution in [2.75, 3.05) is 20.8 Å². The van der Waals surface area contributed by atoms with E-state index in [-0.39, 0.29) is 23.4 Å². The van der Waals surface area contributed by atoms with Gasteiger partial charge in [0.05, 0.1) is 47.6 Å². The molecule has 0 saturated heterocycles. The number of aromatic nitrogens is 1. The average Bonchev–Trinajstić information content (AvgIpc) is 3.56. The molecule has 0 bridgehead atoms. The third-order valence-electron chi connectivity index (χ3n) is 6.48. The van der Waals surface area contributed by atoms with Gasteiger partial charge in [-0.3, -0.25) is 19.5 Å². The fourth-order valence-corrected chi connectivity index (χ4v) is 5.64. The summed E-state index contributed by atoms with van der Waals surface area (Å²) < 4.78 is 23.9. The summed E-state index contributed by atoms with van der Waals surface area (Å²) in [4.78, 5) is 42.6. The number of benzene rings is 2. The molecule has 0 spiro atoms. The Balaban J connectivity index is 1.64. The second-order valence-corrected chi connectivity index (χ2v) is 9.94. The first-order valence-electron chi connectivity index (χ1n) is 12.5. The second kappa shape index (κ2) is 11.3. The number of nitro groups is 1. The van der Waals surface area contributed by atoms with E-state index in [1.54, 1.807) is 62.4 Å². The van der Waals surface area contributed by atoms with Crippen LogP contribution in [0.3, 0.4) is 0 Å². The molecule has 5 rings (SSSR count). The van der Waals surface area contributed by atoms with Gasteiger partial charge in [0.25, 0.3) is 11.2 Å². The lowest BCUT2D eigenvalue weighted by Crippen LogP contribution is -2.39. The Morgan fingerprint density at radius 2 is 1.93 bits per heavy atom. The smallest absolute Gasteiger partial charge is 0.338 e. The predicted octanol–water partition coefficient (Wildman–Crippen LogP) is 3.98. The molecule has 1 atom stereocenters. The van der Waals surface area contributed by atoms with Crippen LogP contribution in [0.4, 0.5) is 5.69 Å². The lowest BCUT2D eigenvalue weighted by atomic mass is 9.95. The van der Waals surface area contributed by atoms with E-state index in [0.29, 0.717) is 49.2 Å². The number of furan rings is 1. The van der Waals surface area contributed by atoms with E-state index in [1.807, 2.05) is 0 Å². The minimum absolute atomic E-state index is 0.0586. The van der Waals surface area contributed by atoms with Gasteiger partial charge in [-0.05, 0) is 43.7 Å². The quantitative estimate of drug-likeness (QED) is 0.175. The van der Waals surface area contributed by atoms with Crippen molar-refractivity contribution in [3.8, 4) is 22.8 Å². The molecule has 3 heterocycles. The number of hydrogen-bond acceptors (Lipinski definition) is 10. The van der Waals surface area contributed by atoms with Crippen LogP contribution in [0.5, 0.6) is 11.5 Å². The largest absolute Gasteiger partial charge is 0.493 e. The van der Waals surface area contributed by atoms with E-state index in [9.17, 15) is 19.7 Å². The number of thiazole rings is 1. The minimum atomic E-state index is -0.829. The fourth-order valence-electron chi connectivity index (χ4n) is 4.62. The van der Waals surface area contributed by atoms with Gasteiger partial charge in [0.2, 0.25) is 0 Å². The highest BCUT2D eigenvalue weighted by atomic mass is 32.1. The maximum absolute atomic E-state index is 13.8. The zero-order valence-electron chi connectivity index (χ0n) is 22.6. The molecule has 0 radical (unpaired) electrons. The Bertz CT molecular complexity index is 1880. The number of nitrogens with zero attached hydrogens (tertiary/aromatic N) is 3. The summed E-state index contributed by atoms with van der Waals surface area (Å²) in [5.41, 5.74) is 1.38. The number of allylic oxidation sites excluding steroid dienone is 1. The number of carbonyl (C=O) groups excluding carboxylic acids is 1. The van der Waals surface area contributed by atoms with Crippen molar-refractivity contribution in [1.82, 2.24) is 4.57 Å². The van der Waals surface area contributed by atoms with Crippen LogP contribution in [0.15, 0.2) is 80.1 Å². The number of nitro benzene ring substituents is 1. The maximum atomic E-state index is 13.8. The van der Waals surface area contributed by atoms with Crippen LogP contribution in [0.2, 0.25) is 0 Å². The van der Waals surface area contributed by atoms with Gasteiger partial charge in [-0.1, -0.05) is 29.5 Å². The third-order valence-corrected chi connectivity index (χ3v) is 7.46. The van der Waals surface area contributed by atoms with Gasteiger partial charge in [0, 0.05) is 23.8 Å². The van der Waals surface area contributed by atoms with E-state index >= 15 is 0 Å². The zero-order valence-corrected chi connectivity index (χ0v) is 23.4. The standard InChI is InChI=1S/C29H25N3O8S/c1-5-39-28(34)25-16(2)30-29-31(26(25)18-9-11-22(37-3)23(14-18)38-4)27(33)24(41-29)15-20-10-12-21(40-20)17-7-6-8-19(13-17)32(35)36/h6-15,26H,5H2,1-4H3/b24-15+. The van der Waals surface area contributed by atoms with E-state index in [4.69, 9.17) is 18.6 Å². The summed E-state index contributed by atoms with van der Waals surface area (Å²) in [7, 11) is 3.03. The van der Waals surface area contributed by atoms with E-state index in [2.05, 4.69) is 4.99 Å². The van der Waals surface area contributed by atoms with Crippen molar-refractivity contribution in [2.45, 2.75) is 19.9 Å². The Morgan fingerprint density at radius 3 is 2.63 bits per heavy atom. The predicted molar refractivity (Wildman–Crippen MR) is 151 cm³/mol. The van der Waals surface area contributed by atoms with Crippen molar-refractivity contribution in [1.29, 1.82) is 0 Å². The summed E-state index contributed by atoms with van der Waals surface area (Å²) in [5.74, 6) is 1.15. The minimum Gasteiger partial charge on any atom is -0.493 e. The summed E-state index contributed by atoms with van der Waals surface area (Å²) >= 11 is 1.15. The molecule has 41 heavy (non-hydrogen) atoms. The first-order valence-corrected chi connectivity index (χ1v) is 13.3. The van der Waals surface area contributed by atoms with Crippen molar-refractivity contribution in [3.05, 3.63) is 107 Å². The highest BCUT2D eigenvalue weighted by Gasteiger charge is 2.34. The molecule has 1 aliphatic rings. The summed E-state index contributed by atoms with van der Waals surface area (Å²) in [6, 6.07) is 13.8. The average molecular weight is 576 g/mol. The highest BCUT2D eigenvalue weighted by Crippen LogP contribution is 2.36. The molecule has 0 fully saturated rings. The Hall–Kier alpha value is -4.97. The molecule has 0 N–H and O–H groups in total. The molecular weight excluding hydrogens is 550 g/mol. The highest BCUT2D eigenvalue weighted by molar-refractivity contribution is 7.07. The third kappa shape index (κ3) is 5.16. The molecule has 4 aromatic rings. The van der Waals surface area contributed by atoms with Crippen LogP contribution in [-0.4, -0.2) is 36.3 Å². The molecule has 12 heteroatoms. The number of methoxy groups -OCH3 is 2. The Labute approximate surface area is 237 Å². The molecule has 210 valence electrons. The lowest BCUT2D eigenvalue weighted by Gasteiger charge is -2.25. The van der Waals surface area contributed by atoms with Crippen molar-refractivity contribution < 1.29 is 28.3 Å². The SMILES string of the molecule is CCOC(=O)C1=C(C)N=c2s/c(=C/c3ccc(-c4cccc([N+](=O)[O-])c4)o3)c(=O)n2C1c1ccc(OC)c(OC)c1. The second-order valence-electron chi connectivity index (χ2n) is 8.93. The van der Waals surface area contributed by atoms with Gasteiger partial charge in [0.1, 0.15) is 11.5 Å². The van der Waals surface area contributed by atoms with Crippen molar-refractivity contribution >= 4 is 29.1 Å². The first kappa shape index (κ1) is 27.6. The van der Waals surface area contributed by atoms with E-state index in [0.717, 1.165) is 11.3 Å². The molecular formula is C29H25N3O8S. The van der Waals surface area contributed by atoms with Gasteiger partial charge in [-0.2, -0.15) is 0 Å². The topological polar surface area (TPSA) is 135 Å². The molecule has 1 unspecified atom stereocenters. The number of carbonyl (C=O) groups is 1. The fraction of sp³-hybridized carbons (Fsp3) is 0.207. The molecule has 0 amide bonds. The molecule has 1 aliphatic heterocycles. The molecule has 0 aliphatic carbocycles. The summed E-state index contributed by atoms with van der Waals surface area (Å²) in [6.45, 7) is 3.57. The van der Waals surface area contributed by atoms with Gasteiger partial charge < -0.3 is 18.6 Å². The maximum Gasteiger partial charge on any atom is 0.338 e. The van der Waals surface area contributed by atoms with Crippen LogP contribution >= 0.6 is 11.3 Å². The van der Waals surface area contributed by atoms with Crippen molar-refractivity contribution in [2.24, 2.45) is 4.99 Å². The molecule has 2 aromatic heterocycles. The van der Waals surface area contributed by atoms with E-state index in [1.165, 1.54) is 30.9 Å². The zero-order chi connectivity index (χ0) is 29.3. The lowest BCUT2D eigenvalue weighted by molar-refractivity contribution is -0.384. The Kier molecular flexibility index (Phi) is 7.58. The first-order chi connectivity index (χ1) is 19.7. The summed E-state index contributed by atoms with van der Waals surface area (Å²) in [5, 5.41) is 11.2. The van der Waals surface area contributed by atoms with Crippen LogP contribution in [-0.2, 0) is 9.53 Å². The number of non-ortho nitro benzene ring substituents is 1. The van der Waals surface area contributed by atoms with Gasteiger partial charge >= 0.3 is 5.97 Å². The monoisotopic (exact) mass is 575 g/mol. The van der Waals surface area contributed by atoms with Crippen molar-refractivity contribution in [3.63, 3.8) is 0 Å². The van der Waals surface area contributed by atoms with Crippen LogP contribution in [0.25, 0.3) is 17.4 Å². The number of rotatable bonds is 8. The number of hydrogen-bond donors (Lipinski definition) is 0. The molecule has 2 aromatic carbocycles. The molecule has 0 saturated carbocycles. The summed E-state index contributed by atoms with van der Waals surface area (Å²) in [6.07, 6.45) is 1.58. The van der Waals surface area contributed by atoms with Crippen LogP contribution in [0.1, 0.15) is 31.2 Å². The van der Waals surface area contributed by atoms with Gasteiger partial charge in [-0.25, -0.2) is 9.79 Å². The Morgan fingerprint density at radius 1 is 1.15 bits per heavy atom. The molecule has 11 nitrogen and oxygen atoms in total. The number of ether oxygens (including phenoxy) is 3.